The van der Waals surface area contributed by atoms with Crippen molar-refractivity contribution in [2.75, 3.05) is 6.54 Å². The number of carbonyl (C=O) groups is 3. The van der Waals surface area contributed by atoms with Gasteiger partial charge in [-0.25, -0.2) is 11.3 Å². The maximum Gasteiger partial charge on any atom is 0.248 e. The molecule has 1 aromatic carbocycles. The molecule has 0 bridgehead atoms. The van der Waals surface area contributed by atoms with Gasteiger partial charge in [0.25, 0.3) is 0 Å². The second-order valence-corrected chi connectivity index (χ2v) is 10.1. The van der Waals surface area contributed by atoms with Crippen molar-refractivity contribution in [1.29, 1.82) is 0 Å². The zero-order valence-corrected chi connectivity index (χ0v) is 20.7. The Morgan fingerprint density at radius 1 is 1.15 bits per heavy atom. The molecule has 2 rings (SSSR count). The molecular formula is C26H40N4O4. The standard InChI is InChI=1S/C26H40N4O4/c1-17(2)15-20(24(32)29-27)22(25(33)30-34)26(16-18(3)4,23(31)21-11-8-14-28-21)13-12-19-9-6-5-7-10-19/h5-7,9-10,12-13,17-18,20-22,28,34H,8,11,14-16,27H2,1-4H3,(H,29,32)(H,30,33)/b13-12+/t20-,21+,22-,26?/m1/s1. The van der Waals surface area contributed by atoms with Gasteiger partial charge in [0.15, 0.2) is 5.78 Å². The summed E-state index contributed by atoms with van der Waals surface area (Å²) in [5.74, 6) is 2.10. The SMILES string of the molecule is CC(C)C[C@@H](C(=O)NN)[C@H](C(=O)NO)C(/C=C/c1ccccc1)(CC(C)C)C(=O)[C@@H]1CCCN1. The molecule has 0 radical (unpaired) electrons. The lowest BCUT2D eigenvalue weighted by Crippen LogP contribution is -2.56. The highest BCUT2D eigenvalue weighted by Gasteiger charge is 2.54. The van der Waals surface area contributed by atoms with E-state index in [1.165, 1.54) is 0 Å². The molecule has 8 heteroatoms. The largest absolute Gasteiger partial charge is 0.307 e. The van der Waals surface area contributed by atoms with E-state index in [0.717, 1.165) is 12.0 Å². The smallest absolute Gasteiger partial charge is 0.248 e. The Labute approximate surface area is 202 Å². The molecule has 0 spiro atoms. The average Bonchev–Trinajstić information content (AvgIpc) is 3.35. The average molecular weight is 473 g/mol. The third-order valence-electron chi connectivity index (χ3n) is 6.51. The molecule has 0 aromatic heterocycles. The topological polar surface area (TPSA) is 134 Å². The Balaban J connectivity index is 2.78. The van der Waals surface area contributed by atoms with E-state index >= 15 is 0 Å². The number of allylic oxidation sites excluding steroid dienone is 1. The molecule has 1 aliphatic heterocycles. The summed E-state index contributed by atoms with van der Waals surface area (Å²) in [4.78, 5) is 40.6. The Bertz CT molecular complexity index is 850. The van der Waals surface area contributed by atoms with Crippen molar-refractivity contribution in [2.24, 2.45) is 34.9 Å². The molecule has 0 saturated carbocycles. The van der Waals surface area contributed by atoms with E-state index in [0.29, 0.717) is 25.8 Å². The van der Waals surface area contributed by atoms with E-state index < -0.39 is 35.1 Å². The number of hydrogen-bond acceptors (Lipinski definition) is 6. The Hall–Kier alpha value is -2.55. The molecule has 6 N–H and O–H groups in total. The lowest BCUT2D eigenvalue weighted by molar-refractivity contribution is -0.151. The summed E-state index contributed by atoms with van der Waals surface area (Å²) >= 11 is 0. The Morgan fingerprint density at radius 2 is 1.82 bits per heavy atom. The van der Waals surface area contributed by atoms with Crippen LogP contribution in [0.25, 0.3) is 6.08 Å². The zero-order valence-electron chi connectivity index (χ0n) is 20.7. The summed E-state index contributed by atoms with van der Waals surface area (Å²) in [5.41, 5.74) is 3.47. The molecule has 1 saturated heterocycles. The number of benzene rings is 1. The normalized spacial score (nSPS) is 19.7. The van der Waals surface area contributed by atoms with E-state index in [1.54, 1.807) is 11.6 Å². The number of carbonyl (C=O) groups excluding carboxylic acids is 3. The number of amides is 2. The van der Waals surface area contributed by atoms with Gasteiger partial charge < -0.3 is 5.32 Å². The van der Waals surface area contributed by atoms with Crippen LogP contribution in [0.15, 0.2) is 36.4 Å². The van der Waals surface area contributed by atoms with Crippen LogP contribution in [0.2, 0.25) is 0 Å². The molecule has 1 aromatic rings. The number of hydroxylamine groups is 1. The van der Waals surface area contributed by atoms with E-state index in [-0.39, 0.29) is 17.6 Å². The lowest BCUT2D eigenvalue weighted by Gasteiger charge is -2.42. The van der Waals surface area contributed by atoms with Gasteiger partial charge in [-0.2, -0.15) is 0 Å². The fourth-order valence-corrected chi connectivity index (χ4v) is 5.21. The van der Waals surface area contributed by atoms with Crippen molar-refractivity contribution in [3.63, 3.8) is 0 Å². The minimum atomic E-state index is -1.34. The maximum absolute atomic E-state index is 14.2. The van der Waals surface area contributed by atoms with Crippen molar-refractivity contribution in [3.8, 4) is 0 Å². The summed E-state index contributed by atoms with van der Waals surface area (Å²) in [6.45, 7) is 8.56. The highest BCUT2D eigenvalue weighted by molar-refractivity contribution is 5.99. The van der Waals surface area contributed by atoms with Crippen LogP contribution >= 0.6 is 0 Å². The molecule has 1 aliphatic rings. The first kappa shape index (κ1) is 27.7. The van der Waals surface area contributed by atoms with Crippen LogP contribution in [-0.4, -0.2) is 35.4 Å². The van der Waals surface area contributed by atoms with Crippen LogP contribution in [-0.2, 0) is 14.4 Å². The number of hydrazine groups is 1. The second kappa shape index (κ2) is 12.8. The summed E-state index contributed by atoms with van der Waals surface area (Å²) in [6.07, 6.45) is 5.78. The predicted octanol–water partition coefficient (Wildman–Crippen LogP) is 2.83. The van der Waals surface area contributed by atoms with E-state index in [9.17, 15) is 19.6 Å². The summed E-state index contributed by atoms with van der Waals surface area (Å²) in [6, 6.07) is 9.08. The Kier molecular flexibility index (Phi) is 10.4. The van der Waals surface area contributed by atoms with Gasteiger partial charge in [-0.05, 0) is 49.6 Å². The molecule has 4 atom stereocenters. The molecule has 1 fully saturated rings. The Morgan fingerprint density at radius 3 is 2.32 bits per heavy atom. The van der Waals surface area contributed by atoms with Crippen molar-refractivity contribution in [2.45, 2.75) is 59.4 Å². The quantitative estimate of drug-likeness (QED) is 0.137. The molecule has 8 nitrogen and oxygen atoms in total. The van der Waals surface area contributed by atoms with Crippen molar-refractivity contribution >= 4 is 23.7 Å². The summed E-state index contributed by atoms with van der Waals surface area (Å²) in [5, 5.41) is 13.0. The highest BCUT2D eigenvalue weighted by Crippen LogP contribution is 2.45. The van der Waals surface area contributed by atoms with Gasteiger partial charge in [-0.3, -0.25) is 25.0 Å². The van der Waals surface area contributed by atoms with Crippen LogP contribution in [0.1, 0.15) is 58.9 Å². The van der Waals surface area contributed by atoms with Gasteiger partial charge >= 0.3 is 0 Å². The highest BCUT2D eigenvalue weighted by atomic mass is 16.5. The zero-order chi connectivity index (χ0) is 25.3. The minimum Gasteiger partial charge on any atom is -0.307 e. The number of rotatable bonds is 12. The molecule has 188 valence electrons. The predicted molar refractivity (Wildman–Crippen MR) is 132 cm³/mol. The molecule has 1 unspecified atom stereocenters. The summed E-state index contributed by atoms with van der Waals surface area (Å²) < 4.78 is 0. The minimum absolute atomic E-state index is 0.0282. The van der Waals surface area contributed by atoms with Gasteiger partial charge in [0.05, 0.1) is 23.3 Å². The first-order valence-electron chi connectivity index (χ1n) is 12.1. The van der Waals surface area contributed by atoms with Gasteiger partial charge in [-0.15, -0.1) is 0 Å². The maximum atomic E-state index is 14.2. The van der Waals surface area contributed by atoms with Crippen molar-refractivity contribution < 1.29 is 19.6 Å². The number of nitrogens with one attached hydrogen (secondary N) is 3. The summed E-state index contributed by atoms with van der Waals surface area (Å²) in [7, 11) is 0. The van der Waals surface area contributed by atoms with E-state index in [2.05, 4.69) is 10.7 Å². The monoisotopic (exact) mass is 472 g/mol. The van der Waals surface area contributed by atoms with Crippen LogP contribution in [0.5, 0.6) is 0 Å². The first-order chi connectivity index (χ1) is 16.2. The number of hydrogen-bond donors (Lipinski definition) is 5. The second-order valence-electron chi connectivity index (χ2n) is 10.1. The van der Waals surface area contributed by atoms with E-state index in [1.807, 2.05) is 64.1 Å². The fourth-order valence-electron chi connectivity index (χ4n) is 5.21. The molecule has 2 amide bonds. The molecular weight excluding hydrogens is 432 g/mol. The third-order valence-corrected chi connectivity index (χ3v) is 6.51. The molecule has 34 heavy (non-hydrogen) atoms. The van der Waals surface area contributed by atoms with Crippen LogP contribution in [0, 0.1) is 29.1 Å². The van der Waals surface area contributed by atoms with Crippen molar-refractivity contribution in [3.05, 3.63) is 42.0 Å². The van der Waals surface area contributed by atoms with Gasteiger partial charge in [0, 0.05) is 0 Å². The first-order valence-corrected chi connectivity index (χ1v) is 12.1. The third kappa shape index (κ3) is 6.74. The van der Waals surface area contributed by atoms with Crippen molar-refractivity contribution in [1.82, 2.24) is 16.2 Å². The lowest BCUT2D eigenvalue weighted by atomic mass is 9.60. The number of Topliss-reactive ketones (excluding diaryl/α,β-unsaturated/α-hetero) is 1. The van der Waals surface area contributed by atoms with Crippen LogP contribution < -0.4 is 22.1 Å². The fraction of sp³-hybridized carbons (Fsp3) is 0.577. The number of nitrogens with two attached hydrogens (primary N) is 1. The molecule has 1 heterocycles. The molecule has 0 aliphatic carbocycles. The van der Waals surface area contributed by atoms with E-state index in [4.69, 9.17) is 5.84 Å². The number of ketones is 1. The van der Waals surface area contributed by atoms with Crippen LogP contribution in [0.3, 0.4) is 0 Å². The van der Waals surface area contributed by atoms with Gasteiger partial charge in [-0.1, -0.05) is 70.2 Å². The van der Waals surface area contributed by atoms with Crippen LogP contribution in [0.4, 0.5) is 0 Å². The van der Waals surface area contributed by atoms with Gasteiger partial charge in [0.1, 0.15) is 0 Å². The van der Waals surface area contributed by atoms with Gasteiger partial charge in [0.2, 0.25) is 11.8 Å².